The molecule has 0 saturated heterocycles. The van der Waals surface area contributed by atoms with E-state index in [1.807, 2.05) is 6.26 Å². The predicted octanol–water partition coefficient (Wildman–Crippen LogP) is 2.96. The van der Waals surface area contributed by atoms with E-state index in [0.717, 1.165) is 12.8 Å². The monoisotopic (exact) mass is 301 g/mol. The number of carbonyl (C=O) groups is 1. The molecule has 0 heterocycles. The highest BCUT2D eigenvalue weighted by Gasteiger charge is 2.18. The lowest BCUT2D eigenvalue weighted by Crippen LogP contribution is -2.37. The van der Waals surface area contributed by atoms with Crippen LogP contribution in [-0.2, 0) is 4.79 Å². The summed E-state index contributed by atoms with van der Waals surface area (Å²) in [6.07, 6.45) is 8.25. The Bertz CT molecular complexity index is 389. The van der Waals surface area contributed by atoms with Crippen molar-refractivity contribution in [3.8, 4) is 0 Å². The van der Waals surface area contributed by atoms with Crippen LogP contribution in [0.2, 0.25) is 0 Å². The highest BCUT2D eigenvalue weighted by Crippen LogP contribution is 2.19. The summed E-state index contributed by atoms with van der Waals surface area (Å²) in [5.74, 6) is 0.487. The molecule has 0 spiro atoms. The molecule has 0 aromatic heterocycles. The van der Waals surface area contributed by atoms with Crippen molar-refractivity contribution in [3.05, 3.63) is 23.0 Å². The van der Waals surface area contributed by atoms with Crippen LogP contribution in [-0.4, -0.2) is 23.8 Å². The fourth-order valence-electron chi connectivity index (χ4n) is 2.04. The van der Waals surface area contributed by atoms with Crippen molar-refractivity contribution in [1.29, 1.82) is 5.41 Å². The molecule has 0 aromatic carbocycles. The van der Waals surface area contributed by atoms with Crippen LogP contribution >= 0.6 is 23.4 Å². The quantitative estimate of drug-likeness (QED) is 0.384. The number of nitrogens with one attached hydrogen (secondary N) is 3. The second kappa shape index (κ2) is 8.27. The van der Waals surface area contributed by atoms with Gasteiger partial charge in [0, 0.05) is 6.04 Å². The molecule has 3 N–H and O–H groups in total. The summed E-state index contributed by atoms with van der Waals surface area (Å²) in [6, 6.07) is 0.317. The first-order chi connectivity index (χ1) is 9.08. The number of carbonyl (C=O) groups excluding carboxylic acids is 1. The molecular weight excluding hydrogens is 282 g/mol. The molecule has 0 bridgehead atoms. The highest BCUT2D eigenvalue weighted by atomic mass is 35.5. The third kappa shape index (κ3) is 5.28. The van der Waals surface area contributed by atoms with E-state index >= 15 is 0 Å². The third-order valence-corrected chi connectivity index (χ3v) is 3.89. The summed E-state index contributed by atoms with van der Waals surface area (Å²) >= 11 is 7.11. The zero-order valence-electron chi connectivity index (χ0n) is 11.1. The van der Waals surface area contributed by atoms with E-state index < -0.39 is 0 Å². The zero-order valence-corrected chi connectivity index (χ0v) is 12.7. The molecule has 0 amide bonds. The van der Waals surface area contributed by atoms with Crippen LogP contribution in [0.4, 0.5) is 0 Å². The summed E-state index contributed by atoms with van der Waals surface area (Å²) in [4.78, 5) is 11.1. The number of hydrogen-bond donors (Lipinski definition) is 3. The molecule has 1 saturated carbocycles. The number of rotatable bonds is 7. The molecule has 6 heteroatoms. The average Bonchev–Trinajstić information content (AvgIpc) is 2.40. The van der Waals surface area contributed by atoms with Crippen LogP contribution < -0.4 is 10.6 Å². The van der Waals surface area contributed by atoms with Crippen LogP contribution in [0.3, 0.4) is 0 Å². The largest absolute Gasteiger partial charge is 0.368 e. The maximum atomic E-state index is 11.1. The molecule has 0 unspecified atom stereocenters. The standard InChI is InChI=1S/C13H20ClN3OS/c1-9(19-2)16-13(11(8-18)12(14)15)17-10-6-4-3-5-7-10/h8,10,15-17H,1,3-7H2,2H3. The van der Waals surface area contributed by atoms with Gasteiger partial charge in [0.05, 0.1) is 10.6 Å². The minimum Gasteiger partial charge on any atom is -0.368 e. The third-order valence-electron chi connectivity index (χ3n) is 3.09. The van der Waals surface area contributed by atoms with Crippen molar-refractivity contribution in [2.24, 2.45) is 0 Å². The van der Waals surface area contributed by atoms with Gasteiger partial charge < -0.3 is 10.6 Å². The molecule has 1 aliphatic rings. The molecule has 106 valence electrons. The Morgan fingerprint density at radius 3 is 2.53 bits per heavy atom. The number of halogens is 1. The van der Waals surface area contributed by atoms with Gasteiger partial charge in [0.1, 0.15) is 11.0 Å². The number of aldehydes is 1. The maximum absolute atomic E-state index is 11.1. The number of hydrogen-bond acceptors (Lipinski definition) is 5. The van der Waals surface area contributed by atoms with Crippen molar-refractivity contribution >= 4 is 34.8 Å². The topological polar surface area (TPSA) is 65.0 Å². The molecule has 0 aliphatic heterocycles. The van der Waals surface area contributed by atoms with Gasteiger partial charge in [-0.2, -0.15) is 0 Å². The van der Waals surface area contributed by atoms with Gasteiger partial charge in [0.25, 0.3) is 0 Å². The molecule has 4 nitrogen and oxygen atoms in total. The fourth-order valence-corrected chi connectivity index (χ4v) is 2.39. The van der Waals surface area contributed by atoms with Crippen LogP contribution in [0.1, 0.15) is 32.1 Å². The first kappa shape index (κ1) is 16.1. The van der Waals surface area contributed by atoms with Gasteiger partial charge in [-0.3, -0.25) is 10.2 Å². The van der Waals surface area contributed by atoms with Crippen LogP contribution in [0.25, 0.3) is 0 Å². The lowest BCUT2D eigenvalue weighted by molar-refractivity contribution is -0.104. The van der Waals surface area contributed by atoms with Gasteiger partial charge in [0.15, 0.2) is 6.29 Å². The van der Waals surface area contributed by atoms with E-state index in [1.165, 1.54) is 31.0 Å². The van der Waals surface area contributed by atoms with Crippen molar-refractivity contribution in [1.82, 2.24) is 10.6 Å². The Labute approximate surface area is 123 Å². The van der Waals surface area contributed by atoms with Crippen LogP contribution in [0, 0.1) is 5.41 Å². The summed E-state index contributed by atoms with van der Waals surface area (Å²) < 4.78 is 0. The van der Waals surface area contributed by atoms with Crippen molar-refractivity contribution in [2.75, 3.05) is 6.26 Å². The summed E-state index contributed by atoms with van der Waals surface area (Å²) in [5, 5.41) is 14.2. The SMILES string of the molecule is C=C(NC(NC1CCCCC1)=C(C=O)C(=N)Cl)SC. The highest BCUT2D eigenvalue weighted by molar-refractivity contribution is 8.02. The smallest absolute Gasteiger partial charge is 0.156 e. The van der Waals surface area contributed by atoms with E-state index in [2.05, 4.69) is 17.2 Å². The van der Waals surface area contributed by atoms with Crippen LogP contribution in [0.5, 0.6) is 0 Å². The van der Waals surface area contributed by atoms with Gasteiger partial charge in [-0.05, 0) is 19.1 Å². The summed E-state index contributed by atoms with van der Waals surface area (Å²) in [5.41, 5.74) is 0.141. The van der Waals surface area contributed by atoms with E-state index in [-0.39, 0.29) is 10.7 Å². The van der Waals surface area contributed by atoms with Gasteiger partial charge in [0.2, 0.25) is 0 Å². The molecule has 0 radical (unpaired) electrons. The Morgan fingerprint density at radius 1 is 1.42 bits per heavy atom. The molecule has 1 rings (SSSR count). The minimum absolute atomic E-state index is 0.141. The Hall–Kier alpha value is -0.940. The number of thioether (sulfide) groups is 1. The summed E-state index contributed by atoms with van der Waals surface area (Å²) in [7, 11) is 0. The minimum atomic E-state index is -0.269. The Morgan fingerprint density at radius 2 is 2.05 bits per heavy atom. The van der Waals surface area contributed by atoms with Crippen molar-refractivity contribution < 1.29 is 4.79 Å². The first-order valence-corrected chi connectivity index (χ1v) is 7.89. The van der Waals surface area contributed by atoms with Crippen LogP contribution in [0.15, 0.2) is 23.0 Å². The van der Waals surface area contributed by atoms with E-state index in [4.69, 9.17) is 17.0 Å². The first-order valence-electron chi connectivity index (χ1n) is 6.28. The molecular formula is C13H20ClN3OS. The molecule has 0 atom stereocenters. The molecule has 1 aliphatic carbocycles. The zero-order chi connectivity index (χ0) is 14.3. The second-order valence-corrected chi connectivity index (χ2v) is 5.73. The van der Waals surface area contributed by atoms with Gasteiger partial charge >= 0.3 is 0 Å². The van der Waals surface area contributed by atoms with E-state index in [0.29, 0.717) is 23.2 Å². The molecule has 1 fully saturated rings. The van der Waals surface area contributed by atoms with Gasteiger partial charge in [-0.25, -0.2) is 0 Å². The lowest BCUT2D eigenvalue weighted by atomic mass is 9.95. The molecule has 0 aromatic rings. The Kier molecular flexibility index (Phi) is 7.02. The maximum Gasteiger partial charge on any atom is 0.156 e. The van der Waals surface area contributed by atoms with Gasteiger partial charge in [-0.15, -0.1) is 11.8 Å². The van der Waals surface area contributed by atoms with Crippen molar-refractivity contribution in [3.63, 3.8) is 0 Å². The molecule has 19 heavy (non-hydrogen) atoms. The average molecular weight is 302 g/mol. The van der Waals surface area contributed by atoms with E-state index in [9.17, 15) is 4.79 Å². The number of allylic oxidation sites excluding steroid dienone is 1. The predicted molar refractivity (Wildman–Crippen MR) is 82.5 cm³/mol. The summed E-state index contributed by atoms with van der Waals surface area (Å²) in [6.45, 7) is 3.83. The van der Waals surface area contributed by atoms with Gasteiger partial charge in [-0.1, -0.05) is 37.4 Å². The van der Waals surface area contributed by atoms with Crippen molar-refractivity contribution in [2.45, 2.75) is 38.1 Å². The van der Waals surface area contributed by atoms with E-state index in [1.54, 1.807) is 0 Å². The lowest BCUT2D eigenvalue weighted by Gasteiger charge is -2.26. The normalized spacial score (nSPS) is 17.4. The Balaban J connectivity index is 2.87. The second-order valence-electron chi connectivity index (χ2n) is 4.45. The fraction of sp³-hybridized carbons (Fsp3) is 0.538.